The number of carbonyl (C=O) groups excluding carboxylic acids is 1. The Bertz CT molecular complexity index is 1200. The third-order valence-corrected chi connectivity index (χ3v) is 6.12. The number of H-pyrrole nitrogens is 1. The van der Waals surface area contributed by atoms with Crippen LogP contribution in [0.1, 0.15) is 16.8 Å². The number of amides is 1. The number of piperazine rings is 1. The Kier molecular flexibility index (Phi) is 5.03. The van der Waals surface area contributed by atoms with Crippen LogP contribution in [0.3, 0.4) is 0 Å². The third-order valence-electron chi connectivity index (χ3n) is 6.12. The fraction of sp³-hybridized carbons (Fsp3) is 0.348. The van der Waals surface area contributed by atoms with E-state index in [2.05, 4.69) is 9.97 Å². The van der Waals surface area contributed by atoms with E-state index >= 15 is 0 Å². The molecule has 1 aromatic heterocycles. The van der Waals surface area contributed by atoms with Crippen molar-refractivity contribution in [1.29, 1.82) is 0 Å². The minimum absolute atomic E-state index is 0.0945. The highest BCUT2D eigenvalue weighted by molar-refractivity contribution is 5.94. The molecule has 0 aliphatic carbocycles. The van der Waals surface area contributed by atoms with E-state index in [9.17, 15) is 18.4 Å². The zero-order valence-electron chi connectivity index (χ0n) is 17.4. The predicted octanol–water partition coefficient (Wildman–Crippen LogP) is 2.73. The van der Waals surface area contributed by atoms with Crippen LogP contribution in [0.2, 0.25) is 0 Å². The molecule has 0 unspecified atom stereocenters. The molecule has 0 saturated carbocycles. The average Bonchev–Trinajstić information content (AvgIpc) is 3.18. The number of benzene rings is 2. The standard InChI is InChI=1S/C23H23F2N5O2/c24-23(25)9-10-30(15-23)17-7-5-16(6-8-17)21(32)28-11-13-29(14-12-28)22-26-19-4-2-1-3-18(19)20(31)27-22/h1-8H,9-15H2,(H,26,27,31). The van der Waals surface area contributed by atoms with Crippen molar-refractivity contribution in [3.8, 4) is 0 Å². The van der Waals surface area contributed by atoms with Crippen molar-refractivity contribution < 1.29 is 13.6 Å². The van der Waals surface area contributed by atoms with Crippen LogP contribution >= 0.6 is 0 Å². The minimum atomic E-state index is -2.65. The van der Waals surface area contributed by atoms with Gasteiger partial charge in [0.05, 0.1) is 17.4 Å². The first kappa shape index (κ1) is 20.4. The quantitative estimate of drug-likeness (QED) is 0.680. The number of fused-ring (bicyclic) bond motifs is 1. The van der Waals surface area contributed by atoms with Crippen molar-refractivity contribution in [3.63, 3.8) is 0 Å². The van der Waals surface area contributed by atoms with E-state index in [0.717, 1.165) is 0 Å². The van der Waals surface area contributed by atoms with E-state index in [1.54, 1.807) is 52.3 Å². The lowest BCUT2D eigenvalue weighted by Gasteiger charge is -2.35. The Hall–Kier alpha value is -3.49. The summed E-state index contributed by atoms with van der Waals surface area (Å²) in [6, 6.07) is 14.0. The number of carbonyl (C=O) groups is 1. The summed E-state index contributed by atoms with van der Waals surface area (Å²) in [6.07, 6.45) is -0.144. The maximum absolute atomic E-state index is 13.5. The average molecular weight is 439 g/mol. The van der Waals surface area contributed by atoms with Gasteiger partial charge >= 0.3 is 0 Å². The Balaban J connectivity index is 1.23. The summed E-state index contributed by atoms with van der Waals surface area (Å²) in [6.45, 7) is 2.12. The van der Waals surface area contributed by atoms with Gasteiger partial charge in [-0.3, -0.25) is 14.6 Å². The molecule has 2 saturated heterocycles. The van der Waals surface area contributed by atoms with E-state index in [4.69, 9.17) is 0 Å². The number of anilines is 2. The van der Waals surface area contributed by atoms with Gasteiger partial charge in [0.15, 0.2) is 0 Å². The molecule has 3 aromatic rings. The van der Waals surface area contributed by atoms with Gasteiger partial charge in [-0.1, -0.05) is 12.1 Å². The van der Waals surface area contributed by atoms with E-state index in [1.165, 1.54) is 0 Å². The first-order chi connectivity index (χ1) is 15.4. The molecule has 2 aromatic carbocycles. The number of para-hydroxylation sites is 1. The molecule has 2 fully saturated rings. The Morgan fingerprint density at radius 3 is 2.34 bits per heavy atom. The first-order valence-electron chi connectivity index (χ1n) is 10.7. The van der Waals surface area contributed by atoms with Crippen molar-refractivity contribution in [3.05, 3.63) is 64.4 Å². The Labute approximate surface area is 183 Å². The van der Waals surface area contributed by atoms with E-state index in [0.29, 0.717) is 60.8 Å². The summed E-state index contributed by atoms with van der Waals surface area (Å²) < 4.78 is 26.9. The van der Waals surface area contributed by atoms with Crippen LogP contribution < -0.4 is 15.4 Å². The molecule has 0 bridgehead atoms. The van der Waals surface area contributed by atoms with E-state index < -0.39 is 5.92 Å². The molecule has 9 heteroatoms. The molecule has 2 aliphatic heterocycles. The van der Waals surface area contributed by atoms with Crippen molar-refractivity contribution in [2.24, 2.45) is 0 Å². The van der Waals surface area contributed by atoms with Crippen molar-refractivity contribution in [1.82, 2.24) is 14.9 Å². The summed E-state index contributed by atoms with van der Waals surface area (Å²) in [5.74, 6) is -2.24. The van der Waals surface area contributed by atoms with Crippen molar-refractivity contribution >= 4 is 28.4 Å². The summed E-state index contributed by atoms with van der Waals surface area (Å²) in [7, 11) is 0. The topological polar surface area (TPSA) is 72.5 Å². The fourth-order valence-corrected chi connectivity index (χ4v) is 4.30. The molecule has 1 N–H and O–H groups in total. The SMILES string of the molecule is O=C(c1ccc(N2CCC(F)(F)C2)cc1)N1CCN(c2nc3ccccc3c(=O)[nH]2)CC1. The van der Waals surface area contributed by atoms with Gasteiger partial charge in [0.1, 0.15) is 0 Å². The molecular weight excluding hydrogens is 416 g/mol. The Morgan fingerprint density at radius 1 is 0.938 bits per heavy atom. The van der Waals surface area contributed by atoms with Gasteiger partial charge in [0.25, 0.3) is 17.4 Å². The third kappa shape index (κ3) is 3.90. The molecule has 3 heterocycles. The van der Waals surface area contributed by atoms with Gasteiger partial charge in [-0.15, -0.1) is 0 Å². The number of aromatic amines is 1. The van der Waals surface area contributed by atoms with Crippen LogP contribution in [-0.2, 0) is 0 Å². The van der Waals surface area contributed by atoms with Crippen LogP contribution in [0.25, 0.3) is 10.9 Å². The second-order valence-corrected chi connectivity index (χ2v) is 8.26. The van der Waals surface area contributed by atoms with E-state index in [-0.39, 0.29) is 24.4 Å². The monoisotopic (exact) mass is 439 g/mol. The fourth-order valence-electron chi connectivity index (χ4n) is 4.30. The van der Waals surface area contributed by atoms with Crippen LogP contribution in [0.4, 0.5) is 20.4 Å². The number of halogens is 2. The van der Waals surface area contributed by atoms with E-state index in [1.807, 2.05) is 11.0 Å². The molecule has 7 nitrogen and oxygen atoms in total. The largest absolute Gasteiger partial charge is 0.365 e. The van der Waals surface area contributed by atoms with Crippen LogP contribution in [-0.4, -0.2) is 66.0 Å². The molecule has 32 heavy (non-hydrogen) atoms. The number of rotatable bonds is 3. The maximum Gasteiger partial charge on any atom is 0.266 e. The smallest absolute Gasteiger partial charge is 0.266 e. The molecule has 2 aliphatic rings. The zero-order valence-corrected chi connectivity index (χ0v) is 17.4. The number of hydrogen-bond donors (Lipinski definition) is 1. The molecule has 5 rings (SSSR count). The lowest BCUT2D eigenvalue weighted by atomic mass is 10.1. The Morgan fingerprint density at radius 2 is 1.66 bits per heavy atom. The summed E-state index contributed by atoms with van der Waals surface area (Å²) in [4.78, 5) is 38.0. The lowest BCUT2D eigenvalue weighted by Crippen LogP contribution is -2.49. The maximum atomic E-state index is 13.5. The second kappa shape index (κ2) is 7.89. The van der Waals surface area contributed by atoms with Crippen LogP contribution in [0.15, 0.2) is 53.3 Å². The number of hydrogen-bond acceptors (Lipinski definition) is 5. The van der Waals surface area contributed by atoms with Gasteiger partial charge in [-0.05, 0) is 36.4 Å². The number of alkyl halides is 2. The van der Waals surface area contributed by atoms with Gasteiger partial charge in [-0.2, -0.15) is 0 Å². The molecule has 0 spiro atoms. The summed E-state index contributed by atoms with van der Waals surface area (Å²) in [5, 5.41) is 0.547. The van der Waals surface area contributed by atoms with Gasteiger partial charge in [0, 0.05) is 50.4 Å². The molecule has 166 valence electrons. The van der Waals surface area contributed by atoms with Gasteiger partial charge in [-0.25, -0.2) is 13.8 Å². The highest BCUT2D eigenvalue weighted by atomic mass is 19.3. The molecule has 0 atom stereocenters. The highest BCUT2D eigenvalue weighted by Crippen LogP contribution is 2.31. The van der Waals surface area contributed by atoms with Crippen molar-refractivity contribution in [2.45, 2.75) is 12.3 Å². The normalized spacial score (nSPS) is 18.4. The summed E-state index contributed by atoms with van der Waals surface area (Å²) in [5.41, 5.74) is 1.70. The first-order valence-corrected chi connectivity index (χ1v) is 10.7. The predicted molar refractivity (Wildman–Crippen MR) is 119 cm³/mol. The minimum Gasteiger partial charge on any atom is -0.365 e. The van der Waals surface area contributed by atoms with Crippen LogP contribution in [0, 0.1) is 0 Å². The second-order valence-electron chi connectivity index (χ2n) is 8.26. The zero-order chi connectivity index (χ0) is 22.3. The van der Waals surface area contributed by atoms with Gasteiger partial charge in [0.2, 0.25) is 5.95 Å². The number of nitrogens with one attached hydrogen (secondary N) is 1. The molecule has 1 amide bonds. The number of aromatic nitrogens is 2. The number of nitrogens with zero attached hydrogens (tertiary/aromatic N) is 4. The van der Waals surface area contributed by atoms with Crippen LogP contribution in [0.5, 0.6) is 0 Å². The van der Waals surface area contributed by atoms with Gasteiger partial charge < -0.3 is 14.7 Å². The van der Waals surface area contributed by atoms with Crippen molar-refractivity contribution in [2.75, 3.05) is 49.1 Å². The molecular formula is C23H23F2N5O2. The lowest BCUT2D eigenvalue weighted by molar-refractivity contribution is 0.0257. The molecule has 0 radical (unpaired) electrons. The summed E-state index contributed by atoms with van der Waals surface area (Å²) >= 11 is 0. The highest BCUT2D eigenvalue weighted by Gasteiger charge is 2.38.